The summed E-state index contributed by atoms with van der Waals surface area (Å²) in [5.41, 5.74) is 5.89. The van der Waals surface area contributed by atoms with Gasteiger partial charge in [-0.3, -0.25) is 4.79 Å². The third-order valence-electron chi connectivity index (χ3n) is 3.89. The van der Waals surface area contributed by atoms with E-state index in [2.05, 4.69) is 19.2 Å². The predicted octanol–water partition coefficient (Wildman–Crippen LogP) is 2.59. The number of hydrogen-bond acceptors (Lipinski definition) is 2. The van der Waals surface area contributed by atoms with E-state index in [4.69, 9.17) is 5.73 Å². The van der Waals surface area contributed by atoms with Crippen LogP contribution in [0.4, 0.5) is 0 Å². The van der Waals surface area contributed by atoms with Crippen LogP contribution in [-0.2, 0) is 4.79 Å². The Bertz CT molecular complexity index is 230. The molecular formula is C14H28N2O. The molecular weight excluding hydrogens is 212 g/mol. The highest BCUT2D eigenvalue weighted by atomic mass is 16.2. The van der Waals surface area contributed by atoms with Gasteiger partial charge in [-0.2, -0.15) is 0 Å². The lowest BCUT2D eigenvalue weighted by Gasteiger charge is -2.24. The number of unbranched alkanes of at least 4 members (excludes halogenated alkanes) is 1. The van der Waals surface area contributed by atoms with Gasteiger partial charge in [0.1, 0.15) is 0 Å². The van der Waals surface area contributed by atoms with E-state index in [-0.39, 0.29) is 11.9 Å². The van der Waals surface area contributed by atoms with E-state index in [0.29, 0.717) is 12.0 Å². The largest absolute Gasteiger partial charge is 0.352 e. The maximum atomic E-state index is 11.9. The van der Waals surface area contributed by atoms with Crippen molar-refractivity contribution in [1.82, 2.24) is 5.32 Å². The Kier molecular flexibility index (Phi) is 6.56. The third-order valence-corrected chi connectivity index (χ3v) is 3.89. The molecule has 3 heteroatoms. The Hall–Kier alpha value is -0.570. The molecule has 1 rings (SSSR count). The molecule has 1 aliphatic rings. The summed E-state index contributed by atoms with van der Waals surface area (Å²) in [4.78, 5) is 11.9. The zero-order valence-corrected chi connectivity index (χ0v) is 11.4. The molecule has 1 aliphatic carbocycles. The average molecular weight is 240 g/mol. The number of carbonyl (C=O) groups is 1. The summed E-state index contributed by atoms with van der Waals surface area (Å²) >= 11 is 0. The third kappa shape index (κ3) is 5.07. The fourth-order valence-electron chi connectivity index (χ4n) is 2.55. The number of nitrogens with one attached hydrogen (secondary N) is 1. The lowest BCUT2D eigenvalue weighted by atomic mass is 9.96. The zero-order valence-electron chi connectivity index (χ0n) is 11.4. The first-order valence-corrected chi connectivity index (χ1v) is 7.21. The van der Waals surface area contributed by atoms with Crippen molar-refractivity contribution in [2.45, 2.75) is 77.3 Å². The van der Waals surface area contributed by atoms with Gasteiger partial charge < -0.3 is 11.1 Å². The van der Waals surface area contributed by atoms with Gasteiger partial charge in [0.25, 0.3) is 0 Å². The second-order valence-electron chi connectivity index (χ2n) is 5.48. The molecule has 0 aliphatic heterocycles. The molecule has 100 valence electrons. The van der Waals surface area contributed by atoms with Crippen molar-refractivity contribution in [1.29, 1.82) is 0 Å². The highest BCUT2D eigenvalue weighted by Crippen LogP contribution is 2.23. The molecule has 0 heterocycles. The van der Waals surface area contributed by atoms with Crippen molar-refractivity contribution in [3.8, 4) is 0 Å². The Morgan fingerprint density at radius 2 is 2.06 bits per heavy atom. The van der Waals surface area contributed by atoms with Gasteiger partial charge in [0, 0.05) is 6.04 Å². The second kappa shape index (κ2) is 7.70. The highest BCUT2D eigenvalue weighted by Gasteiger charge is 2.23. The van der Waals surface area contributed by atoms with Crippen LogP contribution in [0.1, 0.15) is 65.2 Å². The fraction of sp³-hybridized carbons (Fsp3) is 0.929. The normalized spacial score (nSPS) is 27.2. The quantitative estimate of drug-likeness (QED) is 0.726. The van der Waals surface area contributed by atoms with Crippen LogP contribution in [0.5, 0.6) is 0 Å². The molecule has 0 radical (unpaired) electrons. The van der Waals surface area contributed by atoms with Crippen LogP contribution in [0.2, 0.25) is 0 Å². The predicted molar refractivity (Wildman–Crippen MR) is 71.7 cm³/mol. The Balaban J connectivity index is 2.37. The van der Waals surface area contributed by atoms with Crippen LogP contribution in [0.15, 0.2) is 0 Å². The number of nitrogens with two attached hydrogens (primary N) is 1. The van der Waals surface area contributed by atoms with E-state index in [0.717, 1.165) is 25.7 Å². The van der Waals surface area contributed by atoms with Gasteiger partial charge in [0.05, 0.1) is 6.04 Å². The molecule has 0 aromatic rings. The molecule has 1 saturated carbocycles. The van der Waals surface area contributed by atoms with Crippen molar-refractivity contribution >= 4 is 5.91 Å². The molecule has 0 spiro atoms. The van der Waals surface area contributed by atoms with Crippen molar-refractivity contribution in [3.05, 3.63) is 0 Å². The minimum atomic E-state index is -0.314. The Labute approximate surface area is 106 Å². The van der Waals surface area contributed by atoms with Gasteiger partial charge in [-0.1, -0.05) is 46.0 Å². The highest BCUT2D eigenvalue weighted by molar-refractivity contribution is 5.81. The van der Waals surface area contributed by atoms with E-state index in [1.807, 2.05) is 0 Å². The van der Waals surface area contributed by atoms with Crippen LogP contribution < -0.4 is 11.1 Å². The van der Waals surface area contributed by atoms with E-state index in [1.165, 1.54) is 25.7 Å². The first-order valence-electron chi connectivity index (χ1n) is 7.21. The van der Waals surface area contributed by atoms with Gasteiger partial charge in [-0.25, -0.2) is 0 Å². The molecule has 1 fully saturated rings. The lowest BCUT2D eigenvalue weighted by Crippen LogP contribution is -2.47. The van der Waals surface area contributed by atoms with E-state index >= 15 is 0 Å². The van der Waals surface area contributed by atoms with Crippen molar-refractivity contribution in [2.24, 2.45) is 11.7 Å². The van der Waals surface area contributed by atoms with Gasteiger partial charge in [-0.05, 0) is 25.2 Å². The Morgan fingerprint density at radius 3 is 2.76 bits per heavy atom. The van der Waals surface area contributed by atoms with Gasteiger partial charge in [0.15, 0.2) is 0 Å². The molecule has 17 heavy (non-hydrogen) atoms. The number of carbonyl (C=O) groups excluding carboxylic acids is 1. The smallest absolute Gasteiger partial charge is 0.237 e. The van der Waals surface area contributed by atoms with E-state index in [9.17, 15) is 4.79 Å². The molecule has 0 saturated heterocycles. The molecule has 3 nitrogen and oxygen atoms in total. The molecule has 3 N–H and O–H groups in total. The van der Waals surface area contributed by atoms with Gasteiger partial charge >= 0.3 is 0 Å². The number of amides is 1. The molecule has 0 aromatic heterocycles. The minimum absolute atomic E-state index is 0.0530. The van der Waals surface area contributed by atoms with Crippen LogP contribution in [0, 0.1) is 5.92 Å². The van der Waals surface area contributed by atoms with Gasteiger partial charge in [0.2, 0.25) is 5.91 Å². The topological polar surface area (TPSA) is 55.1 Å². The van der Waals surface area contributed by atoms with Crippen LogP contribution >= 0.6 is 0 Å². The first kappa shape index (κ1) is 14.5. The summed E-state index contributed by atoms with van der Waals surface area (Å²) in [5.74, 6) is 0.650. The summed E-state index contributed by atoms with van der Waals surface area (Å²) in [6.45, 7) is 4.37. The van der Waals surface area contributed by atoms with Gasteiger partial charge in [-0.15, -0.1) is 0 Å². The average Bonchev–Trinajstić information content (AvgIpc) is 2.52. The van der Waals surface area contributed by atoms with E-state index in [1.54, 1.807) is 0 Å². The summed E-state index contributed by atoms with van der Waals surface area (Å²) in [6.07, 6.45) is 9.13. The molecule has 1 amide bonds. The summed E-state index contributed by atoms with van der Waals surface area (Å²) in [6, 6.07) is 0.0306. The maximum absolute atomic E-state index is 11.9. The van der Waals surface area contributed by atoms with Crippen LogP contribution in [0.25, 0.3) is 0 Å². The molecule has 3 atom stereocenters. The number of hydrogen-bond donors (Lipinski definition) is 2. The monoisotopic (exact) mass is 240 g/mol. The fourth-order valence-corrected chi connectivity index (χ4v) is 2.55. The maximum Gasteiger partial charge on any atom is 0.237 e. The van der Waals surface area contributed by atoms with E-state index < -0.39 is 0 Å². The lowest BCUT2D eigenvalue weighted by molar-refractivity contribution is -0.123. The zero-order chi connectivity index (χ0) is 12.7. The minimum Gasteiger partial charge on any atom is -0.352 e. The first-order chi connectivity index (χ1) is 8.15. The SMILES string of the molecule is CCCCC(N)C(=O)NC1CCCCCC1C. The number of rotatable bonds is 5. The summed E-state index contributed by atoms with van der Waals surface area (Å²) in [7, 11) is 0. The summed E-state index contributed by atoms with van der Waals surface area (Å²) < 4.78 is 0. The standard InChI is InChI=1S/C14H28N2O/c1-3-4-9-12(15)14(17)16-13-10-7-5-6-8-11(13)2/h11-13H,3-10,15H2,1-2H3,(H,16,17). The second-order valence-corrected chi connectivity index (χ2v) is 5.48. The molecule has 3 unspecified atom stereocenters. The summed E-state index contributed by atoms with van der Waals surface area (Å²) in [5, 5.41) is 3.15. The van der Waals surface area contributed by atoms with Crippen molar-refractivity contribution in [3.63, 3.8) is 0 Å². The molecule has 0 aromatic carbocycles. The Morgan fingerprint density at radius 1 is 1.35 bits per heavy atom. The van der Waals surface area contributed by atoms with Crippen molar-refractivity contribution in [2.75, 3.05) is 0 Å². The van der Waals surface area contributed by atoms with Crippen LogP contribution in [0.3, 0.4) is 0 Å². The van der Waals surface area contributed by atoms with Crippen LogP contribution in [-0.4, -0.2) is 18.0 Å². The van der Waals surface area contributed by atoms with Crippen molar-refractivity contribution < 1.29 is 4.79 Å². The molecule has 0 bridgehead atoms.